The van der Waals surface area contributed by atoms with Crippen molar-refractivity contribution in [1.29, 1.82) is 0 Å². The lowest BCUT2D eigenvalue weighted by molar-refractivity contribution is -0.116. The number of thioether (sulfide) groups is 1. The topological polar surface area (TPSA) is 100 Å². The maximum atomic E-state index is 14.7. The Labute approximate surface area is 298 Å². The van der Waals surface area contributed by atoms with Gasteiger partial charge in [0, 0.05) is 27.1 Å². The van der Waals surface area contributed by atoms with Gasteiger partial charge in [-0.15, -0.1) is 34.4 Å². The molecule has 244 valence electrons. The summed E-state index contributed by atoms with van der Waals surface area (Å²) in [7, 11) is 0. The van der Waals surface area contributed by atoms with Crippen molar-refractivity contribution >= 4 is 80.7 Å². The molecule has 7 nitrogen and oxygen atoms in total. The Morgan fingerprint density at radius 2 is 1.59 bits per heavy atom. The van der Waals surface area contributed by atoms with E-state index in [1.165, 1.54) is 47.4 Å². The molecule has 0 fully saturated rings. The fourth-order valence-corrected chi connectivity index (χ4v) is 7.43. The van der Waals surface area contributed by atoms with Crippen molar-refractivity contribution in [2.75, 3.05) is 10.6 Å². The van der Waals surface area contributed by atoms with E-state index in [1.807, 2.05) is 59.3 Å². The summed E-state index contributed by atoms with van der Waals surface area (Å²) in [6.45, 7) is 0. The van der Waals surface area contributed by atoms with E-state index in [0.717, 1.165) is 16.1 Å². The molecule has 3 amide bonds. The van der Waals surface area contributed by atoms with Crippen molar-refractivity contribution in [1.82, 2.24) is 10.3 Å². The molecule has 1 atom stereocenters. The first-order chi connectivity index (χ1) is 23.8. The van der Waals surface area contributed by atoms with Crippen LogP contribution in [0.1, 0.15) is 26.7 Å². The van der Waals surface area contributed by atoms with Crippen LogP contribution in [0.2, 0.25) is 5.02 Å². The Bertz CT molecular complexity index is 2100. The summed E-state index contributed by atoms with van der Waals surface area (Å²) < 4.78 is 14.7. The molecule has 0 aliphatic rings. The van der Waals surface area contributed by atoms with E-state index in [9.17, 15) is 18.8 Å². The van der Waals surface area contributed by atoms with Gasteiger partial charge in [-0.1, -0.05) is 78.3 Å². The van der Waals surface area contributed by atoms with Crippen LogP contribution in [-0.2, 0) is 9.59 Å². The molecule has 12 heteroatoms. The van der Waals surface area contributed by atoms with Crippen molar-refractivity contribution in [3.05, 3.63) is 159 Å². The van der Waals surface area contributed by atoms with Crippen LogP contribution < -0.4 is 16.0 Å². The zero-order valence-corrected chi connectivity index (χ0v) is 28.6. The quantitative estimate of drug-likeness (QED) is 0.0913. The second-order valence-electron chi connectivity index (χ2n) is 10.4. The average Bonchev–Trinajstić information content (AvgIpc) is 3.82. The van der Waals surface area contributed by atoms with Gasteiger partial charge in [0.05, 0.1) is 15.6 Å². The van der Waals surface area contributed by atoms with E-state index in [2.05, 4.69) is 20.9 Å². The third kappa shape index (κ3) is 8.70. The van der Waals surface area contributed by atoms with Gasteiger partial charge in [0.2, 0.25) is 5.91 Å². The summed E-state index contributed by atoms with van der Waals surface area (Å²) in [6, 6.07) is 32.7. The summed E-state index contributed by atoms with van der Waals surface area (Å²) in [4.78, 5) is 46.6. The fourth-order valence-electron chi connectivity index (χ4n) is 4.66. The van der Waals surface area contributed by atoms with Crippen LogP contribution in [0.25, 0.3) is 16.6 Å². The fraction of sp³-hybridized carbons (Fsp3) is 0.0270. The molecule has 1 unspecified atom stereocenters. The van der Waals surface area contributed by atoms with Gasteiger partial charge in [0.25, 0.3) is 11.8 Å². The lowest BCUT2D eigenvalue weighted by Gasteiger charge is -2.17. The Morgan fingerprint density at radius 3 is 2.33 bits per heavy atom. The minimum absolute atomic E-state index is 0.0496. The number of anilines is 2. The Morgan fingerprint density at radius 1 is 0.837 bits per heavy atom. The van der Waals surface area contributed by atoms with Gasteiger partial charge in [-0.25, -0.2) is 9.37 Å². The number of amides is 3. The third-order valence-electron chi connectivity index (χ3n) is 7.01. The number of hydrogen-bond acceptors (Lipinski definition) is 7. The highest BCUT2D eigenvalue weighted by atomic mass is 35.5. The minimum atomic E-state index is -0.701. The molecule has 2 aromatic heterocycles. The molecule has 49 heavy (non-hydrogen) atoms. The number of benzene rings is 4. The van der Waals surface area contributed by atoms with Crippen LogP contribution in [0.4, 0.5) is 15.2 Å². The van der Waals surface area contributed by atoms with Crippen molar-refractivity contribution in [3.8, 4) is 10.6 Å². The summed E-state index contributed by atoms with van der Waals surface area (Å²) in [5.41, 5.74) is 2.02. The first-order valence-corrected chi connectivity index (χ1v) is 17.8. The molecule has 6 aromatic rings. The predicted octanol–water partition coefficient (Wildman–Crippen LogP) is 9.55. The Kier molecular flexibility index (Phi) is 11.0. The first-order valence-electron chi connectivity index (χ1n) is 14.8. The van der Waals surface area contributed by atoms with E-state index >= 15 is 0 Å². The standard InChI is InChI=1S/C37H26ClFN4O3S3/c38-28-16-8-17-29(39)27(28)21-30(41-34(44)24-12-5-2-6-13-24)35(45)40-25-14-7-15-26(20-25)49-33(23-10-3-1-4-11-23)36(46)43-37-42-31(22-48-37)32-18-9-19-47-32/h1-22,33H,(H,40,45)(H,41,44)(H,42,43,46)/b30-21+. The van der Waals surface area contributed by atoms with Crippen LogP contribution in [0.3, 0.4) is 0 Å². The predicted molar refractivity (Wildman–Crippen MR) is 197 cm³/mol. The van der Waals surface area contributed by atoms with Gasteiger partial charge >= 0.3 is 0 Å². The summed E-state index contributed by atoms with van der Waals surface area (Å²) in [5.74, 6) is -2.17. The van der Waals surface area contributed by atoms with Gasteiger partial charge in [0.15, 0.2) is 5.13 Å². The van der Waals surface area contributed by atoms with E-state index in [1.54, 1.807) is 59.9 Å². The van der Waals surface area contributed by atoms with Crippen molar-refractivity contribution in [3.63, 3.8) is 0 Å². The molecule has 0 aliphatic carbocycles. The SMILES string of the molecule is O=C(Nc1cccc(SC(C(=O)Nc2nc(-c3cccs3)cs2)c2ccccc2)c1)/C(=C\c1c(F)cccc1Cl)NC(=O)c1ccccc1. The molecule has 0 spiro atoms. The summed E-state index contributed by atoms with van der Waals surface area (Å²) in [6.07, 6.45) is 1.20. The molecule has 0 aliphatic heterocycles. The maximum absolute atomic E-state index is 14.7. The molecule has 6 rings (SSSR count). The molecular weight excluding hydrogens is 699 g/mol. The molecule has 2 heterocycles. The van der Waals surface area contributed by atoms with E-state index in [0.29, 0.717) is 21.3 Å². The smallest absolute Gasteiger partial charge is 0.272 e. The number of halogens is 2. The summed E-state index contributed by atoms with van der Waals surface area (Å²) in [5, 5.41) is 12.1. The number of hydrogen-bond donors (Lipinski definition) is 3. The Hall–Kier alpha value is -5.07. The number of thiophene rings is 1. The van der Waals surface area contributed by atoms with Gasteiger partial charge in [-0.3, -0.25) is 14.4 Å². The highest BCUT2D eigenvalue weighted by Crippen LogP contribution is 2.38. The molecule has 3 N–H and O–H groups in total. The zero-order chi connectivity index (χ0) is 34.2. The van der Waals surface area contributed by atoms with Crippen LogP contribution in [0, 0.1) is 5.82 Å². The average molecular weight is 725 g/mol. The minimum Gasteiger partial charge on any atom is -0.321 e. The molecule has 0 saturated carbocycles. The maximum Gasteiger partial charge on any atom is 0.272 e. The zero-order valence-electron chi connectivity index (χ0n) is 25.4. The second kappa shape index (κ2) is 15.9. The van der Waals surface area contributed by atoms with E-state index in [4.69, 9.17) is 11.6 Å². The number of nitrogens with zero attached hydrogens (tertiary/aromatic N) is 1. The summed E-state index contributed by atoms with van der Waals surface area (Å²) >= 11 is 10.5. The van der Waals surface area contributed by atoms with Gasteiger partial charge < -0.3 is 16.0 Å². The third-order valence-corrected chi connectivity index (χ3v) is 10.2. The van der Waals surface area contributed by atoms with E-state index in [-0.39, 0.29) is 22.2 Å². The van der Waals surface area contributed by atoms with Crippen LogP contribution in [0.5, 0.6) is 0 Å². The molecule has 4 aromatic carbocycles. The first kappa shape index (κ1) is 33.8. The van der Waals surface area contributed by atoms with Crippen molar-refractivity contribution in [2.24, 2.45) is 0 Å². The highest BCUT2D eigenvalue weighted by molar-refractivity contribution is 8.00. The molecule has 0 saturated heterocycles. The Balaban J connectivity index is 1.23. The van der Waals surface area contributed by atoms with Gasteiger partial charge in [-0.05, 0) is 65.6 Å². The molecule has 0 bridgehead atoms. The normalized spacial score (nSPS) is 11.8. The number of carbonyl (C=O) groups excluding carboxylic acids is 3. The van der Waals surface area contributed by atoms with Crippen LogP contribution in [0.15, 0.2) is 137 Å². The number of thiazole rings is 1. The van der Waals surface area contributed by atoms with Crippen molar-refractivity contribution in [2.45, 2.75) is 10.1 Å². The highest BCUT2D eigenvalue weighted by Gasteiger charge is 2.24. The van der Waals surface area contributed by atoms with E-state index < -0.39 is 22.9 Å². The van der Waals surface area contributed by atoms with Gasteiger partial charge in [0.1, 0.15) is 16.8 Å². The number of carbonyl (C=O) groups is 3. The van der Waals surface area contributed by atoms with Crippen molar-refractivity contribution < 1.29 is 18.8 Å². The molecule has 0 radical (unpaired) electrons. The van der Waals surface area contributed by atoms with Crippen LogP contribution in [-0.4, -0.2) is 22.7 Å². The monoisotopic (exact) mass is 724 g/mol. The number of aromatic nitrogens is 1. The second-order valence-corrected chi connectivity index (χ2v) is 13.8. The lowest BCUT2D eigenvalue weighted by Crippen LogP contribution is -2.30. The van der Waals surface area contributed by atoms with Gasteiger partial charge in [-0.2, -0.15) is 0 Å². The number of rotatable bonds is 11. The molecular formula is C37H26ClFN4O3S3. The van der Waals surface area contributed by atoms with Crippen LogP contribution >= 0.6 is 46.0 Å². The number of nitrogens with one attached hydrogen (secondary N) is 3. The lowest BCUT2D eigenvalue weighted by atomic mass is 10.1. The largest absolute Gasteiger partial charge is 0.321 e.